The molecule has 1 N–H and O–H groups in total. The van der Waals surface area contributed by atoms with E-state index < -0.39 is 0 Å². The Kier molecular flexibility index (Phi) is 11.3. The first-order valence-corrected chi connectivity index (χ1v) is 8.33. The van der Waals surface area contributed by atoms with E-state index in [-0.39, 0.29) is 5.41 Å². The summed E-state index contributed by atoms with van der Waals surface area (Å²) >= 11 is 0. The highest BCUT2D eigenvalue weighted by Crippen LogP contribution is 2.25. The van der Waals surface area contributed by atoms with Crippen LogP contribution >= 0.6 is 0 Å². The van der Waals surface area contributed by atoms with Gasteiger partial charge in [0.15, 0.2) is 0 Å². The fourth-order valence-corrected chi connectivity index (χ4v) is 2.78. The molecular formula is C17H38N2O2. The summed E-state index contributed by atoms with van der Waals surface area (Å²) in [7, 11) is 3.54. The van der Waals surface area contributed by atoms with Crippen LogP contribution in [0.5, 0.6) is 0 Å². The summed E-state index contributed by atoms with van der Waals surface area (Å²) in [5.41, 5.74) is 0.286. The molecule has 0 heterocycles. The van der Waals surface area contributed by atoms with E-state index in [9.17, 15) is 0 Å². The van der Waals surface area contributed by atoms with Gasteiger partial charge in [-0.05, 0) is 18.8 Å². The molecule has 0 aliphatic rings. The smallest absolute Gasteiger partial charge is 0.0615 e. The van der Waals surface area contributed by atoms with Gasteiger partial charge >= 0.3 is 0 Å². The molecule has 0 rings (SSSR count). The van der Waals surface area contributed by atoms with E-state index in [2.05, 4.69) is 44.8 Å². The second kappa shape index (κ2) is 11.4. The Labute approximate surface area is 132 Å². The maximum atomic E-state index is 5.34. The molecule has 4 nitrogen and oxygen atoms in total. The Morgan fingerprint density at radius 3 is 2.29 bits per heavy atom. The zero-order valence-corrected chi connectivity index (χ0v) is 15.4. The molecule has 0 aliphatic heterocycles. The first-order chi connectivity index (χ1) is 9.88. The molecule has 2 atom stereocenters. The zero-order valence-electron chi connectivity index (χ0n) is 15.4. The normalized spacial score (nSPS) is 16.4. The predicted octanol–water partition coefficient (Wildman–Crippen LogP) is 2.77. The highest BCUT2D eigenvalue weighted by atomic mass is 16.5. The largest absolute Gasteiger partial charge is 0.383 e. The molecule has 2 unspecified atom stereocenters. The van der Waals surface area contributed by atoms with Gasteiger partial charge in [0.2, 0.25) is 0 Å². The van der Waals surface area contributed by atoms with Crippen molar-refractivity contribution in [2.24, 2.45) is 5.41 Å². The van der Waals surface area contributed by atoms with Gasteiger partial charge in [0.1, 0.15) is 0 Å². The van der Waals surface area contributed by atoms with Gasteiger partial charge in [-0.2, -0.15) is 0 Å². The number of ether oxygens (including phenoxy) is 2. The molecule has 0 fully saturated rings. The third kappa shape index (κ3) is 9.46. The van der Waals surface area contributed by atoms with E-state index in [0.717, 1.165) is 32.8 Å². The van der Waals surface area contributed by atoms with Crippen LogP contribution in [0, 0.1) is 5.41 Å². The highest BCUT2D eigenvalue weighted by Gasteiger charge is 2.28. The van der Waals surface area contributed by atoms with Crippen LogP contribution in [0.3, 0.4) is 0 Å². The van der Waals surface area contributed by atoms with Gasteiger partial charge in [0.25, 0.3) is 0 Å². The van der Waals surface area contributed by atoms with Gasteiger partial charge in [-0.25, -0.2) is 0 Å². The SMILES string of the molecule is CCCC(C)(CNC(C)C)CN(CCOC)C(C)COC. The second-order valence-electron chi connectivity index (χ2n) is 6.86. The third-order valence-corrected chi connectivity index (χ3v) is 3.99. The molecule has 21 heavy (non-hydrogen) atoms. The van der Waals surface area contributed by atoms with Crippen molar-refractivity contribution in [2.75, 3.05) is 47.1 Å². The standard InChI is InChI=1S/C17H38N2O2/c1-8-9-17(5,13-18-15(2)3)14-19(10-11-20-6)16(4)12-21-7/h15-16,18H,8-14H2,1-7H3. The Morgan fingerprint density at radius 2 is 1.81 bits per heavy atom. The number of hydrogen-bond acceptors (Lipinski definition) is 4. The lowest BCUT2D eigenvalue weighted by Gasteiger charge is -2.39. The number of nitrogens with one attached hydrogen (secondary N) is 1. The van der Waals surface area contributed by atoms with Crippen LogP contribution in [-0.4, -0.2) is 64.1 Å². The Balaban J connectivity index is 4.75. The average molecular weight is 303 g/mol. The molecule has 0 aromatic rings. The van der Waals surface area contributed by atoms with Crippen LogP contribution in [-0.2, 0) is 9.47 Å². The minimum Gasteiger partial charge on any atom is -0.383 e. The summed E-state index contributed by atoms with van der Waals surface area (Å²) < 4.78 is 10.6. The fraction of sp³-hybridized carbons (Fsp3) is 1.00. The van der Waals surface area contributed by atoms with Crippen LogP contribution in [0.1, 0.15) is 47.5 Å². The van der Waals surface area contributed by atoms with Gasteiger partial charge in [0.05, 0.1) is 13.2 Å². The highest BCUT2D eigenvalue weighted by molar-refractivity contribution is 4.83. The van der Waals surface area contributed by atoms with E-state index in [1.165, 1.54) is 12.8 Å². The lowest BCUT2D eigenvalue weighted by Crippen LogP contribution is -2.48. The Hall–Kier alpha value is -0.160. The lowest BCUT2D eigenvalue weighted by molar-refractivity contribution is 0.0439. The number of hydrogen-bond donors (Lipinski definition) is 1. The van der Waals surface area contributed by atoms with Crippen LogP contribution in [0.2, 0.25) is 0 Å². The average Bonchev–Trinajstić information content (AvgIpc) is 2.42. The number of rotatable bonds is 13. The monoisotopic (exact) mass is 302 g/mol. The van der Waals surface area contributed by atoms with Crippen molar-refractivity contribution in [1.82, 2.24) is 10.2 Å². The van der Waals surface area contributed by atoms with Crippen molar-refractivity contribution in [3.05, 3.63) is 0 Å². The van der Waals surface area contributed by atoms with Crippen molar-refractivity contribution in [3.8, 4) is 0 Å². The predicted molar refractivity (Wildman–Crippen MR) is 90.9 cm³/mol. The molecular weight excluding hydrogens is 264 g/mol. The van der Waals surface area contributed by atoms with Gasteiger partial charge in [-0.15, -0.1) is 0 Å². The molecule has 0 saturated heterocycles. The van der Waals surface area contributed by atoms with Crippen molar-refractivity contribution in [3.63, 3.8) is 0 Å². The van der Waals surface area contributed by atoms with E-state index in [0.29, 0.717) is 12.1 Å². The summed E-state index contributed by atoms with van der Waals surface area (Å²) in [6.45, 7) is 16.0. The molecule has 128 valence electrons. The van der Waals surface area contributed by atoms with E-state index in [1.807, 2.05) is 0 Å². The first-order valence-electron chi connectivity index (χ1n) is 8.33. The van der Waals surface area contributed by atoms with Crippen molar-refractivity contribution in [2.45, 2.75) is 59.5 Å². The van der Waals surface area contributed by atoms with Gasteiger partial charge in [0, 0.05) is 45.9 Å². The van der Waals surface area contributed by atoms with Crippen LogP contribution in [0.4, 0.5) is 0 Å². The molecule has 0 radical (unpaired) electrons. The lowest BCUT2D eigenvalue weighted by atomic mass is 9.84. The molecule has 0 aromatic heterocycles. The fourth-order valence-electron chi connectivity index (χ4n) is 2.78. The quantitative estimate of drug-likeness (QED) is 0.567. The summed E-state index contributed by atoms with van der Waals surface area (Å²) in [5.74, 6) is 0. The van der Waals surface area contributed by atoms with Crippen molar-refractivity contribution < 1.29 is 9.47 Å². The minimum absolute atomic E-state index is 0.286. The summed E-state index contributed by atoms with van der Waals surface area (Å²) in [6, 6.07) is 0.949. The van der Waals surface area contributed by atoms with Crippen molar-refractivity contribution in [1.29, 1.82) is 0 Å². The van der Waals surface area contributed by atoms with Crippen LogP contribution in [0.25, 0.3) is 0 Å². The van der Waals surface area contributed by atoms with Crippen LogP contribution in [0.15, 0.2) is 0 Å². The Morgan fingerprint density at radius 1 is 1.14 bits per heavy atom. The molecule has 0 amide bonds. The minimum atomic E-state index is 0.286. The maximum Gasteiger partial charge on any atom is 0.0615 e. The Bertz CT molecular complexity index is 249. The topological polar surface area (TPSA) is 33.7 Å². The molecule has 4 heteroatoms. The molecule has 0 spiro atoms. The van der Waals surface area contributed by atoms with E-state index >= 15 is 0 Å². The van der Waals surface area contributed by atoms with Crippen LogP contribution < -0.4 is 5.32 Å². The molecule has 0 saturated carbocycles. The van der Waals surface area contributed by atoms with E-state index in [1.54, 1.807) is 14.2 Å². The number of methoxy groups -OCH3 is 2. The van der Waals surface area contributed by atoms with Crippen molar-refractivity contribution >= 4 is 0 Å². The maximum absolute atomic E-state index is 5.34. The first kappa shape index (κ1) is 20.8. The van der Waals surface area contributed by atoms with Gasteiger partial charge < -0.3 is 14.8 Å². The molecule has 0 aromatic carbocycles. The summed E-state index contributed by atoms with van der Waals surface area (Å²) in [6.07, 6.45) is 2.45. The third-order valence-electron chi connectivity index (χ3n) is 3.99. The molecule has 0 aliphatic carbocycles. The van der Waals surface area contributed by atoms with Gasteiger partial charge in [-0.3, -0.25) is 4.90 Å². The molecule has 0 bridgehead atoms. The van der Waals surface area contributed by atoms with Gasteiger partial charge in [-0.1, -0.05) is 34.1 Å². The summed E-state index contributed by atoms with van der Waals surface area (Å²) in [5, 5.41) is 3.61. The second-order valence-corrected chi connectivity index (χ2v) is 6.86. The van der Waals surface area contributed by atoms with E-state index in [4.69, 9.17) is 9.47 Å². The number of nitrogens with zero attached hydrogens (tertiary/aromatic N) is 1. The zero-order chi connectivity index (χ0) is 16.3. The summed E-state index contributed by atoms with van der Waals surface area (Å²) in [4.78, 5) is 2.50.